The molecule has 0 aliphatic carbocycles. The summed E-state index contributed by atoms with van der Waals surface area (Å²) in [5, 5.41) is 6.11. The van der Waals surface area contributed by atoms with Gasteiger partial charge in [0.1, 0.15) is 0 Å². The summed E-state index contributed by atoms with van der Waals surface area (Å²) in [6.45, 7) is 8.04. The number of nitrogens with zero attached hydrogens (tertiary/aromatic N) is 2. The zero-order chi connectivity index (χ0) is 21.7. The van der Waals surface area contributed by atoms with E-state index in [1.54, 1.807) is 24.3 Å². The van der Waals surface area contributed by atoms with Crippen molar-refractivity contribution in [3.63, 3.8) is 0 Å². The van der Waals surface area contributed by atoms with Crippen LogP contribution in [0.2, 0.25) is 0 Å². The van der Waals surface area contributed by atoms with Crippen LogP contribution in [0, 0.1) is 12.8 Å². The fraction of sp³-hybridized carbons (Fsp3) is 0.429. The molecule has 0 spiro atoms. The van der Waals surface area contributed by atoms with Gasteiger partial charge in [-0.1, -0.05) is 13.8 Å². The molecule has 2 N–H and O–H groups in total. The summed E-state index contributed by atoms with van der Waals surface area (Å²) in [5.41, 5.74) is 2.29. The zero-order valence-corrected chi connectivity index (χ0v) is 18.3. The number of rotatable bonds is 7. The molecule has 30 heavy (non-hydrogen) atoms. The van der Waals surface area contributed by atoms with Crippen molar-refractivity contribution in [2.45, 2.75) is 25.7 Å². The predicted molar refractivity (Wildman–Crippen MR) is 116 cm³/mol. The van der Waals surface area contributed by atoms with E-state index in [0.717, 1.165) is 5.69 Å². The number of hydrogen-bond donors (Lipinski definition) is 2. The Hall–Kier alpha value is -2.49. The highest BCUT2D eigenvalue weighted by Crippen LogP contribution is 2.28. The third-order valence-electron chi connectivity index (χ3n) is 4.72. The molecule has 1 aliphatic heterocycles. The van der Waals surface area contributed by atoms with Crippen LogP contribution in [-0.2, 0) is 14.8 Å². The number of sulfonamides is 1. The molecule has 2 heterocycles. The van der Waals surface area contributed by atoms with Crippen LogP contribution in [-0.4, -0.2) is 56.5 Å². The van der Waals surface area contributed by atoms with Crippen LogP contribution < -0.4 is 10.6 Å². The summed E-state index contributed by atoms with van der Waals surface area (Å²) in [5.74, 6) is 0.0302. The number of anilines is 2. The first-order valence-electron chi connectivity index (χ1n) is 9.97. The molecule has 8 nitrogen and oxygen atoms in total. The Morgan fingerprint density at radius 3 is 2.53 bits per heavy atom. The van der Waals surface area contributed by atoms with Crippen molar-refractivity contribution in [3.8, 4) is 0 Å². The van der Waals surface area contributed by atoms with Gasteiger partial charge in [0.25, 0.3) is 5.91 Å². The lowest BCUT2D eigenvalue weighted by Crippen LogP contribution is -2.40. The van der Waals surface area contributed by atoms with E-state index in [0.29, 0.717) is 55.7 Å². The van der Waals surface area contributed by atoms with Crippen molar-refractivity contribution in [1.82, 2.24) is 9.29 Å². The van der Waals surface area contributed by atoms with Crippen LogP contribution in [0.15, 0.2) is 41.4 Å². The minimum Gasteiger partial charge on any atom is -0.383 e. The van der Waals surface area contributed by atoms with Gasteiger partial charge in [-0.15, -0.1) is 0 Å². The Labute approximate surface area is 177 Å². The van der Waals surface area contributed by atoms with Gasteiger partial charge in [-0.05, 0) is 43.2 Å². The summed E-state index contributed by atoms with van der Waals surface area (Å²) < 4.78 is 32.7. The number of aromatic nitrogens is 1. The molecule has 1 aromatic heterocycles. The first-order valence-corrected chi connectivity index (χ1v) is 11.4. The van der Waals surface area contributed by atoms with Crippen LogP contribution in [0.25, 0.3) is 0 Å². The van der Waals surface area contributed by atoms with E-state index in [1.807, 2.05) is 6.92 Å². The second kappa shape index (κ2) is 9.55. The minimum absolute atomic E-state index is 0.136. The first kappa shape index (κ1) is 22.2. The zero-order valence-electron chi connectivity index (χ0n) is 17.5. The van der Waals surface area contributed by atoms with Crippen molar-refractivity contribution in [3.05, 3.63) is 47.8 Å². The molecule has 1 aromatic carbocycles. The lowest BCUT2D eigenvalue weighted by molar-refractivity contribution is 0.0730. The fourth-order valence-electron chi connectivity index (χ4n) is 2.99. The van der Waals surface area contributed by atoms with Crippen LogP contribution in [0.5, 0.6) is 0 Å². The molecule has 1 saturated heterocycles. The van der Waals surface area contributed by atoms with E-state index in [-0.39, 0.29) is 10.8 Å². The van der Waals surface area contributed by atoms with Crippen molar-refractivity contribution < 1.29 is 17.9 Å². The summed E-state index contributed by atoms with van der Waals surface area (Å²) >= 11 is 0. The number of carbonyl (C=O) groups excluding carboxylic acids is 1. The molecular formula is C21H28N4O4S. The van der Waals surface area contributed by atoms with E-state index >= 15 is 0 Å². The molecule has 1 fully saturated rings. The monoisotopic (exact) mass is 432 g/mol. The number of nitrogens with one attached hydrogen (secondary N) is 2. The average Bonchev–Trinajstić information content (AvgIpc) is 2.73. The lowest BCUT2D eigenvalue weighted by atomic mass is 10.2. The summed E-state index contributed by atoms with van der Waals surface area (Å²) in [6, 6.07) is 8.21. The van der Waals surface area contributed by atoms with E-state index in [4.69, 9.17) is 4.74 Å². The molecule has 0 saturated carbocycles. The Morgan fingerprint density at radius 2 is 1.90 bits per heavy atom. The highest BCUT2D eigenvalue weighted by atomic mass is 32.2. The van der Waals surface area contributed by atoms with Crippen LogP contribution in [0.3, 0.4) is 0 Å². The normalized spacial score (nSPS) is 15.2. The molecule has 162 valence electrons. The fourth-order valence-corrected chi connectivity index (χ4v) is 4.42. The Bertz CT molecular complexity index is 985. The number of benzene rings is 1. The third kappa shape index (κ3) is 5.35. The van der Waals surface area contributed by atoms with Gasteiger partial charge in [-0.25, -0.2) is 8.42 Å². The van der Waals surface area contributed by atoms with Crippen LogP contribution in [0.4, 0.5) is 11.4 Å². The number of carbonyl (C=O) groups is 1. The van der Waals surface area contributed by atoms with Gasteiger partial charge in [0.2, 0.25) is 10.0 Å². The molecule has 1 aliphatic rings. The molecule has 2 aromatic rings. The number of aryl methyl sites for hydroxylation is 1. The topological polar surface area (TPSA) is 101 Å². The molecule has 1 amide bonds. The third-order valence-corrected chi connectivity index (χ3v) is 6.62. The van der Waals surface area contributed by atoms with Crippen LogP contribution >= 0.6 is 0 Å². The van der Waals surface area contributed by atoms with Gasteiger partial charge in [0.05, 0.1) is 35.0 Å². The van der Waals surface area contributed by atoms with Crippen molar-refractivity contribution >= 4 is 27.3 Å². The maximum absolute atomic E-state index is 13.0. The van der Waals surface area contributed by atoms with Crippen molar-refractivity contribution in [2.24, 2.45) is 5.92 Å². The van der Waals surface area contributed by atoms with Gasteiger partial charge in [0.15, 0.2) is 0 Å². The number of hydrogen-bond acceptors (Lipinski definition) is 6. The van der Waals surface area contributed by atoms with Crippen molar-refractivity contribution in [1.29, 1.82) is 0 Å². The van der Waals surface area contributed by atoms with E-state index in [1.165, 1.54) is 16.6 Å². The average molecular weight is 433 g/mol. The van der Waals surface area contributed by atoms with E-state index in [9.17, 15) is 13.2 Å². The second-order valence-corrected chi connectivity index (χ2v) is 9.58. The number of amides is 1. The van der Waals surface area contributed by atoms with Gasteiger partial charge < -0.3 is 15.4 Å². The molecule has 0 unspecified atom stereocenters. The maximum atomic E-state index is 13.0. The van der Waals surface area contributed by atoms with Crippen LogP contribution in [0.1, 0.15) is 29.9 Å². The van der Waals surface area contributed by atoms with Gasteiger partial charge in [-0.3, -0.25) is 9.78 Å². The highest BCUT2D eigenvalue weighted by Gasteiger charge is 2.27. The lowest BCUT2D eigenvalue weighted by Gasteiger charge is -2.26. The van der Waals surface area contributed by atoms with Crippen molar-refractivity contribution in [2.75, 3.05) is 43.5 Å². The second-order valence-electron chi connectivity index (χ2n) is 7.64. The number of morpholine rings is 1. The van der Waals surface area contributed by atoms with Gasteiger partial charge in [0, 0.05) is 31.5 Å². The molecule has 3 rings (SSSR count). The predicted octanol–water partition coefficient (Wildman–Crippen LogP) is 2.73. The SMILES string of the molecule is Cc1ccc(C(=O)Nc2cc(S(=O)(=O)N3CCOCC3)ccc2NCC(C)C)cn1. The number of pyridine rings is 1. The maximum Gasteiger partial charge on any atom is 0.257 e. The quantitative estimate of drug-likeness (QED) is 0.698. The molecule has 0 radical (unpaired) electrons. The standard InChI is InChI=1S/C21H28N4O4S/c1-15(2)13-23-19-7-6-18(30(27,28)25-8-10-29-11-9-25)12-20(19)24-21(26)17-5-4-16(3)22-14-17/h4-7,12,14-15,23H,8-11,13H2,1-3H3,(H,24,26). The summed E-state index contributed by atoms with van der Waals surface area (Å²) in [7, 11) is -3.68. The van der Waals surface area contributed by atoms with E-state index < -0.39 is 10.0 Å². The first-order chi connectivity index (χ1) is 14.3. The Balaban J connectivity index is 1.91. The van der Waals surface area contributed by atoms with E-state index in [2.05, 4.69) is 29.5 Å². The minimum atomic E-state index is -3.68. The smallest absolute Gasteiger partial charge is 0.257 e. The molecule has 0 atom stereocenters. The highest BCUT2D eigenvalue weighted by molar-refractivity contribution is 7.89. The molecule has 0 bridgehead atoms. The summed E-state index contributed by atoms with van der Waals surface area (Å²) in [4.78, 5) is 17.0. The van der Waals surface area contributed by atoms with Gasteiger partial charge >= 0.3 is 0 Å². The van der Waals surface area contributed by atoms with Gasteiger partial charge in [-0.2, -0.15) is 4.31 Å². The molecular weight excluding hydrogens is 404 g/mol. The Morgan fingerprint density at radius 1 is 1.17 bits per heavy atom. The number of ether oxygens (including phenoxy) is 1. The molecule has 9 heteroatoms. The Kier molecular flexibility index (Phi) is 7.06. The summed E-state index contributed by atoms with van der Waals surface area (Å²) in [6.07, 6.45) is 1.50. The largest absolute Gasteiger partial charge is 0.383 e.